The van der Waals surface area contributed by atoms with E-state index in [-0.39, 0.29) is 23.6 Å². The van der Waals surface area contributed by atoms with E-state index in [1.54, 1.807) is 24.8 Å². The summed E-state index contributed by atoms with van der Waals surface area (Å²) in [5, 5.41) is 22.2. The lowest BCUT2D eigenvalue weighted by Crippen LogP contribution is -2.31. The molecule has 10 heteroatoms. The smallest absolute Gasteiger partial charge is 0.295 e. The van der Waals surface area contributed by atoms with Gasteiger partial charge in [0.1, 0.15) is 5.76 Å². The zero-order valence-corrected chi connectivity index (χ0v) is 16.9. The molecule has 1 aliphatic heterocycles. The van der Waals surface area contributed by atoms with Gasteiger partial charge < -0.3 is 14.6 Å². The first-order valence-electron chi connectivity index (χ1n) is 9.86. The Hall–Kier alpha value is -4.34. The second-order valence-corrected chi connectivity index (χ2v) is 7.23. The van der Waals surface area contributed by atoms with Crippen LogP contribution < -0.4 is 0 Å². The van der Waals surface area contributed by atoms with Gasteiger partial charge in [-0.25, -0.2) is 4.98 Å². The predicted molar refractivity (Wildman–Crippen MR) is 113 cm³/mol. The largest absolute Gasteiger partial charge is 0.507 e. The molecule has 1 aliphatic rings. The first kappa shape index (κ1) is 20.9. The topological polar surface area (TPSA) is 131 Å². The van der Waals surface area contributed by atoms with Gasteiger partial charge >= 0.3 is 0 Å². The van der Waals surface area contributed by atoms with Gasteiger partial charge in [-0.2, -0.15) is 0 Å². The van der Waals surface area contributed by atoms with Gasteiger partial charge in [0, 0.05) is 55.6 Å². The van der Waals surface area contributed by atoms with E-state index in [4.69, 9.17) is 0 Å². The number of amides is 1. The van der Waals surface area contributed by atoms with E-state index in [2.05, 4.69) is 9.97 Å². The van der Waals surface area contributed by atoms with E-state index in [0.29, 0.717) is 24.1 Å². The monoisotopic (exact) mass is 433 g/mol. The third kappa shape index (κ3) is 3.97. The summed E-state index contributed by atoms with van der Waals surface area (Å²) in [7, 11) is 0. The second kappa shape index (κ2) is 8.80. The number of pyridine rings is 1. The molecule has 2 aromatic heterocycles. The molecule has 1 saturated heterocycles. The number of non-ortho nitro benzene ring substituents is 1. The highest BCUT2D eigenvalue weighted by atomic mass is 16.6. The molecule has 0 aliphatic carbocycles. The number of hydrogen-bond donors (Lipinski definition) is 1. The van der Waals surface area contributed by atoms with E-state index in [1.807, 2.05) is 4.57 Å². The van der Waals surface area contributed by atoms with Crippen molar-refractivity contribution in [1.82, 2.24) is 19.4 Å². The quantitative estimate of drug-likeness (QED) is 0.199. The van der Waals surface area contributed by atoms with Crippen LogP contribution in [0.4, 0.5) is 5.69 Å². The number of nitro benzene ring substituents is 1. The summed E-state index contributed by atoms with van der Waals surface area (Å²) in [6.45, 7) is 0.776. The van der Waals surface area contributed by atoms with Crippen LogP contribution in [-0.4, -0.2) is 47.7 Å². The van der Waals surface area contributed by atoms with Crippen LogP contribution in [-0.2, 0) is 16.1 Å². The molecule has 10 nitrogen and oxygen atoms in total. The molecule has 0 spiro atoms. The molecular formula is C22H19N5O5. The van der Waals surface area contributed by atoms with Gasteiger partial charge in [-0.3, -0.25) is 24.7 Å². The van der Waals surface area contributed by atoms with Crippen LogP contribution in [0.15, 0.2) is 73.1 Å². The molecule has 3 heterocycles. The zero-order chi connectivity index (χ0) is 22.7. The van der Waals surface area contributed by atoms with E-state index in [1.165, 1.54) is 47.6 Å². The molecule has 1 fully saturated rings. The third-order valence-corrected chi connectivity index (χ3v) is 5.27. The van der Waals surface area contributed by atoms with Gasteiger partial charge in [0.2, 0.25) is 0 Å². The number of nitrogens with zero attached hydrogens (tertiary/aromatic N) is 5. The number of imidazole rings is 1. The fourth-order valence-corrected chi connectivity index (χ4v) is 3.77. The van der Waals surface area contributed by atoms with Crippen LogP contribution in [0.3, 0.4) is 0 Å². The molecular weight excluding hydrogens is 414 g/mol. The van der Waals surface area contributed by atoms with Gasteiger partial charge in [0.05, 0.1) is 22.9 Å². The Morgan fingerprint density at radius 1 is 1.09 bits per heavy atom. The Morgan fingerprint density at radius 2 is 1.88 bits per heavy atom. The number of Topliss-reactive ketones (excluding diaryl/α,β-unsaturated/α-hetero) is 1. The van der Waals surface area contributed by atoms with Crippen molar-refractivity contribution in [2.45, 2.75) is 19.0 Å². The molecule has 0 radical (unpaired) electrons. The Kier molecular flexibility index (Phi) is 5.75. The van der Waals surface area contributed by atoms with Gasteiger partial charge in [-0.05, 0) is 24.1 Å². The number of rotatable bonds is 7. The molecule has 32 heavy (non-hydrogen) atoms. The minimum Gasteiger partial charge on any atom is -0.507 e. The molecule has 1 unspecified atom stereocenters. The standard InChI is InChI=1S/C22H19N5O5/c28-20(15-5-7-23-8-6-15)18-19(16-3-1-4-17(13-16)27(31)32)26(22(30)21(18)29)11-2-10-25-12-9-24-14-25/h1,3-9,12-14,19,28H,2,10-11H2. The lowest BCUT2D eigenvalue weighted by atomic mass is 9.95. The number of benzene rings is 1. The molecule has 1 atom stereocenters. The van der Waals surface area contributed by atoms with Crippen LogP contribution in [0, 0.1) is 10.1 Å². The second-order valence-electron chi connectivity index (χ2n) is 7.23. The number of aryl methyl sites for hydroxylation is 1. The number of ketones is 1. The Balaban J connectivity index is 1.76. The maximum atomic E-state index is 13.0. The van der Waals surface area contributed by atoms with E-state index < -0.39 is 22.7 Å². The first-order chi connectivity index (χ1) is 15.5. The average molecular weight is 433 g/mol. The van der Waals surface area contributed by atoms with Crippen LogP contribution >= 0.6 is 0 Å². The highest BCUT2D eigenvalue weighted by Gasteiger charge is 2.46. The number of carbonyl (C=O) groups excluding carboxylic acids is 2. The van der Waals surface area contributed by atoms with Crippen molar-refractivity contribution in [3.05, 3.63) is 94.3 Å². The molecule has 162 valence electrons. The van der Waals surface area contributed by atoms with Crippen LogP contribution in [0.1, 0.15) is 23.6 Å². The molecule has 1 N–H and O–H groups in total. The fraction of sp³-hybridized carbons (Fsp3) is 0.182. The number of aromatic nitrogens is 3. The highest BCUT2D eigenvalue weighted by Crippen LogP contribution is 2.40. The SMILES string of the molecule is O=C1C(=O)N(CCCn2ccnc2)C(c2cccc([N+](=O)[O-])c2)C1=C(O)c1ccncc1. The molecule has 0 saturated carbocycles. The molecule has 3 aromatic rings. The minimum atomic E-state index is -0.953. The average Bonchev–Trinajstić information content (AvgIpc) is 3.41. The fourth-order valence-electron chi connectivity index (χ4n) is 3.77. The van der Waals surface area contributed by atoms with Crippen molar-refractivity contribution in [2.24, 2.45) is 0 Å². The Bertz CT molecular complexity index is 1190. The summed E-state index contributed by atoms with van der Waals surface area (Å²) in [5.41, 5.74) is 0.420. The van der Waals surface area contributed by atoms with Crippen molar-refractivity contribution in [1.29, 1.82) is 0 Å². The first-order valence-corrected chi connectivity index (χ1v) is 9.86. The van der Waals surface area contributed by atoms with Crippen LogP contribution in [0.25, 0.3) is 5.76 Å². The van der Waals surface area contributed by atoms with E-state index in [9.17, 15) is 24.8 Å². The number of aliphatic hydroxyl groups excluding tert-OH is 1. The van der Waals surface area contributed by atoms with Crippen LogP contribution in [0.5, 0.6) is 0 Å². The lowest BCUT2D eigenvalue weighted by molar-refractivity contribution is -0.384. The Morgan fingerprint density at radius 3 is 2.56 bits per heavy atom. The zero-order valence-electron chi connectivity index (χ0n) is 16.9. The lowest BCUT2D eigenvalue weighted by Gasteiger charge is -2.25. The minimum absolute atomic E-state index is 0.107. The summed E-state index contributed by atoms with van der Waals surface area (Å²) < 4.78 is 1.84. The number of likely N-dealkylation sites (tertiary alicyclic amines) is 1. The summed E-state index contributed by atoms with van der Waals surface area (Å²) in [6, 6.07) is 7.83. The summed E-state index contributed by atoms with van der Waals surface area (Å²) in [6.07, 6.45) is 8.51. The van der Waals surface area contributed by atoms with Crippen molar-refractivity contribution >= 4 is 23.1 Å². The number of aliphatic hydroxyl groups is 1. The van der Waals surface area contributed by atoms with Crippen molar-refractivity contribution in [3.63, 3.8) is 0 Å². The summed E-state index contributed by atoms with van der Waals surface area (Å²) >= 11 is 0. The third-order valence-electron chi connectivity index (χ3n) is 5.27. The van der Waals surface area contributed by atoms with Gasteiger partial charge in [0.15, 0.2) is 0 Å². The molecule has 4 rings (SSSR count). The normalized spacial score (nSPS) is 17.6. The predicted octanol–water partition coefficient (Wildman–Crippen LogP) is 2.70. The number of hydrogen-bond acceptors (Lipinski definition) is 7. The highest BCUT2D eigenvalue weighted by molar-refractivity contribution is 6.46. The Labute approximate surface area is 182 Å². The molecule has 0 bridgehead atoms. The summed E-state index contributed by atoms with van der Waals surface area (Å²) in [4.78, 5) is 45.8. The van der Waals surface area contributed by atoms with Crippen molar-refractivity contribution < 1.29 is 19.6 Å². The molecule has 1 amide bonds. The van der Waals surface area contributed by atoms with E-state index in [0.717, 1.165) is 0 Å². The van der Waals surface area contributed by atoms with Crippen molar-refractivity contribution in [3.8, 4) is 0 Å². The van der Waals surface area contributed by atoms with Crippen LogP contribution in [0.2, 0.25) is 0 Å². The number of nitro groups is 1. The van der Waals surface area contributed by atoms with E-state index >= 15 is 0 Å². The van der Waals surface area contributed by atoms with Crippen molar-refractivity contribution in [2.75, 3.05) is 6.54 Å². The number of carbonyl (C=O) groups is 2. The maximum Gasteiger partial charge on any atom is 0.295 e. The van der Waals surface area contributed by atoms with Gasteiger partial charge in [-0.15, -0.1) is 0 Å². The van der Waals surface area contributed by atoms with Gasteiger partial charge in [-0.1, -0.05) is 12.1 Å². The summed E-state index contributed by atoms with van der Waals surface area (Å²) in [5.74, 6) is -1.94. The molecule has 1 aromatic carbocycles. The van der Waals surface area contributed by atoms with Gasteiger partial charge in [0.25, 0.3) is 17.4 Å². The maximum absolute atomic E-state index is 13.0.